The number of aromatic nitrogens is 3. The van der Waals surface area contributed by atoms with Crippen molar-refractivity contribution in [3.63, 3.8) is 0 Å². The number of H-pyrrole nitrogens is 1. The maximum absolute atomic E-state index is 5.06. The summed E-state index contributed by atoms with van der Waals surface area (Å²) < 4.78 is 0. The maximum Gasteiger partial charge on any atom is 0.160 e. The normalized spacial score (nSPS) is 11.3. The van der Waals surface area contributed by atoms with E-state index in [9.17, 15) is 0 Å². The van der Waals surface area contributed by atoms with Gasteiger partial charge in [-0.1, -0.05) is 133 Å². The third-order valence-electron chi connectivity index (χ3n) is 8.04. The Morgan fingerprint density at radius 3 is 1.65 bits per heavy atom. The Bertz CT molecular complexity index is 2210. The van der Waals surface area contributed by atoms with Gasteiger partial charge in [0, 0.05) is 38.5 Å². The molecule has 0 atom stereocenters. The Kier molecular flexibility index (Phi) is 6.12. The smallest absolute Gasteiger partial charge is 0.160 e. The quantitative estimate of drug-likeness (QED) is 0.232. The number of nitrogens with one attached hydrogen (secondary N) is 1. The minimum Gasteiger partial charge on any atom is -0.354 e. The predicted molar refractivity (Wildman–Crippen MR) is 179 cm³/mol. The highest BCUT2D eigenvalue weighted by molar-refractivity contribution is 6.08. The van der Waals surface area contributed by atoms with Crippen molar-refractivity contribution in [2.45, 2.75) is 0 Å². The second kappa shape index (κ2) is 10.6. The lowest BCUT2D eigenvalue weighted by atomic mass is 9.99. The fourth-order valence-corrected chi connectivity index (χ4v) is 5.82. The van der Waals surface area contributed by atoms with Crippen molar-refractivity contribution < 1.29 is 0 Å². The molecular formula is C40H27N3. The van der Waals surface area contributed by atoms with E-state index in [4.69, 9.17) is 9.97 Å². The molecule has 8 aromatic rings. The Hall–Kier alpha value is -5.80. The molecule has 0 saturated heterocycles. The van der Waals surface area contributed by atoms with Crippen molar-refractivity contribution in [2.24, 2.45) is 0 Å². The lowest BCUT2D eigenvalue weighted by molar-refractivity contribution is 1.18. The van der Waals surface area contributed by atoms with Crippen LogP contribution in [0.3, 0.4) is 0 Å². The fourth-order valence-electron chi connectivity index (χ4n) is 5.82. The van der Waals surface area contributed by atoms with Crippen molar-refractivity contribution in [3.05, 3.63) is 158 Å². The summed E-state index contributed by atoms with van der Waals surface area (Å²) in [4.78, 5) is 13.7. The van der Waals surface area contributed by atoms with E-state index in [1.165, 1.54) is 21.9 Å². The minimum absolute atomic E-state index is 0.713. The van der Waals surface area contributed by atoms with Crippen LogP contribution in [-0.2, 0) is 0 Å². The molecule has 1 N–H and O–H groups in total. The number of para-hydroxylation sites is 1. The number of hydrogen-bond acceptors (Lipinski definition) is 2. The summed E-state index contributed by atoms with van der Waals surface area (Å²) in [6, 6.07) is 55.1. The van der Waals surface area contributed by atoms with Crippen LogP contribution in [0.15, 0.2) is 158 Å². The second-order valence-corrected chi connectivity index (χ2v) is 10.8. The van der Waals surface area contributed by atoms with Crippen LogP contribution in [0, 0.1) is 0 Å². The molecule has 0 aliphatic heterocycles. The van der Waals surface area contributed by atoms with Crippen LogP contribution in [0.2, 0.25) is 0 Å². The van der Waals surface area contributed by atoms with E-state index in [0.29, 0.717) is 5.82 Å². The highest BCUT2D eigenvalue weighted by atomic mass is 14.9. The van der Waals surface area contributed by atoms with Gasteiger partial charge in [0.15, 0.2) is 5.82 Å². The third-order valence-corrected chi connectivity index (χ3v) is 8.04. The van der Waals surface area contributed by atoms with Crippen LogP contribution in [0.5, 0.6) is 0 Å². The summed E-state index contributed by atoms with van der Waals surface area (Å²) >= 11 is 0. The van der Waals surface area contributed by atoms with Crippen molar-refractivity contribution in [2.75, 3.05) is 0 Å². The SMILES string of the molecule is c1ccc(-c2ccc(-c3cc(-c4cccc(-c5ccc6c(c5)[nH]c5ccccc56)c4)nc(-c4ccccc4)n3)cc2)cc1. The first-order chi connectivity index (χ1) is 21.3. The molecule has 2 aromatic heterocycles. The zero-order chi connectivity index (χ0) is 28.6. The predicted octanol–water partition coefficient (Wildman–Crippen LogP) is 10.4. The number of fused-ring (bicyclic) bond motifs is 3. The Morgan fingerprint density at radius 2 is 0.860 bits per heavy atom. The van der Waals surface area contributed by atoms with E-state index in [1.807, 2.05) is 24.3 Å². The molecule has 8 rings (SSSR count). The van der Waals surface area contributed by atoms with E-state index in [0.717, 1.165) is 50.2 Å². The first kappa shape index (κ1) is 25.0. The molecule has 0 unspecified atom stereocenters. The molecule has 0 amide bonds. The number of rotatable bonds is 5. The highest BCUT2D eigenvalue weighted by Crippen LogP contribution is 2.33. The zero-order valence-corrected chi connectivity index (χ0v) is 23.4. The molecule has 3 nitrogen and oxygen atoms in total. The monoisotopic (exact) mass is 549 g/mol. The summed E-state index contributed by atoms with van der Waals surface area (Å²) in [5.41, 5.74) is 11.9. The molecule has 0 fully saturated rings. The molecule has 43 heavy (non-hydrogen) atoms. The van der Waals surface area contributed by atoms with E-state index in [2.05, 4.69) is 138 Å². The molecule has 0 radical (unpaired) electrons. The van der Waals surface area contributed by atoms with E-state index in [1.54, 1.807) is 0 Å². The average molecular weight is 550 g/mol. The summed E-state index contributed by atoms with van der Waals surface area (Å²) in [5.74, 6) is 0.713. The molecule has 0 saturated carbocycles. The molecule has 3 heteroatoms. The Balaban J connectivity index is 1.21. The Morgan fingerprint density at radius 1 is 0.326 bits per heavy atom. The van der Waals surface area contributed by atoms with Gasteiger partial charge >= 0.3 is 0 Å². The van der Waals surface area contributed by atoms with Crippen LogP contribution in [-0.4, -0.2) is 15.0 Å². The lowest BCUT2D eigenvalue weighted by Crippen LogP contribution is -1.96. The molecular weight excluding hydrogens is 522 g/mol. The number of aromatic amines is 1. The van der Waals surface area contributed by atoms with Crippen LogP contribution in [0.1, 0.15) is 0 Å². The van der Waals surface area contributed by atoms with Crippen LogP contribution < -0.4 is 0 Å². The standard InChI is InChI=1S/C40H27N3/c1-3-10-27(11-4-1)28-18-20-29(21-19-28)37-26-38(43-40(42-37)30-12-5-2-6-13-30)33-15-9-14-31(24-33)32-22-23-35-34-16-7-8-17-36(34)41-39(35)25-32/h1-26,41H. The summed E-state index contributed by atoms with van der Waals surface area (Å²) in [6.45, 7) is 0. The number of nitrogens with zero attached hydrogens (tertiary/aromatic N) is 2. The van der Waals surface area contributed by atoms with Gasteiger partial charge in [-0.3, -0.25) is 0 Å². The summed E-state index contributed by atoms with van der Waals surface area (Å²) in [6.07, 6.45) is 0. The van der Waals surface area contributed by atoms with Gasteiger partial charge in [0.05, 0.1) is 11.4 Å². The highest BCUT2D eigenvalue weighted by Gasteiger charge is 2.12. The summed E-state index contributed by atoms with van der Waals surface area (Å²) in [5, 5.41) is 2.48. The second-order valence-electron chi connectivity index (χ2n) is 10.8. The summed E-state index contributed by atoms with van der Waals surface area (Å²) in [7, 11) is 0. The number of hydrogen-bond donors (Lipinski definition) is 1. The van der Waals surface area contributed by atoms with Gasteiger partial charge in [-0.25, -0.2) is 9.97 Å². The zero-order valence-electron chi connectivity index (χ0n) is 23.4. The average Bonchev–Trinajstić information content (AvgIpc) is 3.47. The van der Waals surface area contributed by atoms with Gasteiger partial charge in [-0.2, -0.15) is 0 Å². The molecule has 0 spiro atoms. The van der Waals surface area contributed by atoms with Crippen LogP contribution in [0.25, 0.3) is 78.0 Å². The van der Waals surface area contributed by atoms with E-state index >= 15 is 0 Å². The van der Waals surface area contributed by atoms with Crippen molar-refractivity contribution >= 4 is 21.8 Å². The van der Waals surface area contributed by atoms with Crippen molar-refractivity contribution in [1.29, 1.82) is 0 Å². The first-order valence-electron chi connectivity index (χ1n) is 14.5. The van der Waals surface area contributed by atoms with Crippen molar-refractivity contribution in [1.82, 2.24) is 15.0 Å². The number of benzene rings is 6. The molecule has 0 aliphatic carbocycles. The van der Waals surface area contributed by atoms with Crippen LogP contribution >= 0.6 is 0 Å². The first-order valence-corrected chi connectivity index (χ1v) is 14.5. The molecule has 6 aromatic carbocycles. The Labute approximate surface area is 250 Å². The van der Waals surface area contributed by atoms with Crippen LogP contribution in [0.4, 0.5) is 0 Å². The topological polar surface area (TPSA) is 41.6 Å². The van der Waals surface area contributed by atoms with Gasteiger partial charge in [0.1, 0.15) is 0 Å². The van der Waals surface area contributed by atoms with Gasteiger partial charge in [-0.05, 0) is 46.5 Å². The minimum atomic E-state index is 0.713. The fraction of sp³-hybridized carbons (Fsp3) is 0. The van der Waals surface area contributed by atoms with Crippen molar-refractivity contribution in [3.8, 4) is 56.2 Å². The van der Waals surface area contributed by atoms with Gasteiger partial charge in [0.25, 0.3) is 0 Å². The van der Waals surface area contributed by atoms with E-state index < -0.39 is 0 Å². The molecule has 202 valence electrons. The van der Waals surface area contributed by atoms with Gasteiger partial charge in [0.2, 0.25) is 0 Å². The van der Waals surface area contributed by atoms with Gasteiger partial charge in [-0.15, -0.1) is 0 Å². The molecule has 0 bridgehead atoms. The maximum atomic E-state index is 5.06. The molecule has 2 heterocycles. The molecule has 0 aliphatic rings. The lowest BCUT2D eigenvalue weighted by Gasteiger charge is -2.11. The largest absolute Gasteiger partial charge is 0.354 e. The van der Waals surface area contributed by atoms with Gasteiger partial charge < -0.3 is 4.98 Å². The third kappa shape index (κ3) is 4.77. The van der Waals surface area contributed by atoms with E-state index in [-0.39, 0.29) is 0 Å².